The molecule has 0 aromatic heterocycles. The molecular weight excluding hydrogens is 1420 g/mol. The van der Waals surface area contributed by atoms with E-state index in [1.165, 1.54) is 21.3 Å². The first-order valence-electron chi connectivity index (χ1n) is 29.3. The van der Waals surface area contributed by atoms with Crippen molar-refractivity contribution in [2.75, 3.05) is 21.3 Å². The Bertz CT molecular complexity index is 2480. The SMILES string of the molecule is C.C.CC(=O)OC(CC1CC2CC1C([Si](Cl)(Cl)Cl)C2)(C(F)(F)F)C(F)(F)F.CC(C)(C)OC(=O)C1CC2CC1C([Si](Cl)(Cl)Cl)C2.CO[Si](C)(O[Si](OC)(OC)C1CC2CC(CC(OC(C)=O)(C(F)(F)F)C(F)(F)F)C1C2)C1CC2CC(C(=O)OC(C)(C)C)C1C2.[2HH]. The molecule has 8 rings (SSSR count). The summed E-state index contributed by atoms with van der Waals surface area (Å²) in [5.74, 6) is -6.57. The van der Waals surface area contributed by atoms with Gasteiger partial charge in [0.25, 0.3) is 0 Å². The smallest absolute Gasteiger partial charge is 0.460 e. The number of halogens is 18. The van der Waals surface area contributed by atoms with E-state index in [1.807, 2.05) is 48.1 Å². The van der Waals surface area contributed by atoms with Crippen molar-refractivity contribution >= 4 is 120 Å². The highest BCUT2D eigenvalue weighted by molar-refractivity contribution is 7.65. The van der Waals surface area contributed by atoms with Crippen molar-refractivity contribution in [2.24, 2.45) is 71.0 Å². The van der Waals surface area contributed by atoms with Gasteiger partial charge in [0.2, 0.25) is 0 Å². The van der Waals surface area contributed by atoms with Gasteiger partial charge in [0.05, 0.1) is 11.8 Å². The lowest BCUT2D eigenvalue weighted by Crippen LogP contribution is -2.62. The Morgan fingerprint density at radius 3 is 0.989 bits per heavy atom. The van der Waals surface area contributed by atoms with E-state index >= 15 is 0 Å². The number of alkyl halides is 12. The minimum absolute atomic E-state index is 0. The van der Waals surface area contributed by atoms with Gasteiger partial charge in [-0.15, -0.1) is 66.5 Å². The average Bonchev–Trinajstić information content (AvgIpc) is 1.33. The highest BCUT2D eigenvalue weighted by Gasteiger charge is 2.77. The molecule has 0 N–H and O–H groups in total. The Kier molecular flexibility index (Phi) is 26.2. The quantitative estimate of drug-likeness (QED) is 0.0450. The number of hydrogen-bond donors (Lipinski definition) is 0. The van der Waals surface area contributed by atoms with Crippen molar-refractivity contribution in [3.05, 3.63) is 0 Å². The molecule has 8 aliphatic rings. The molecule has 0 aromatic rings. The Morgan fingerprint density at radius 1 is 0.422 bits per heavy atom. The lowest BCUT2D eigenvalue weighted by Gasteiger charge is -2.47. The van der Waals surface area contributed by atoms with Gasteiger partial charge in [-0.3, -0.25) is 19.2 Å². The minimum Gasteiger partial charge on any atom is -0.460 e. The maximum absolute atomic E-state index is 14.2. The van der Waals surface area contributed by atoms with Crippen LogP contribution in [0.25, 0.3) is 0 Å². The van der Waals surface area contributed by atoms with E-state index in [4.69, 9.17) is 93.3 Å². The molecule has 0 aliphatic heterocycles. The fraction of sp³-hybridized carbons (Fsp3) is 0.929. The molecule has 0 radical (unpaired) electrons. The molecule has 0 heterocycles. The normalized spacial score (nSPS) is 32.4. The zero-order valence-electron chi connectivity index (χ0n) is 50.8. The lowest BCUT2D eigenvalue weighted by atomic mass is 9.79. The van der Waals surface area contributed by atoms with E-state index in [2.05, 4.69) is 9.47 Å². The molecule has 8 fully saturated rings. The zero-order valence-corrected chi connectivity index (χ0v) is 59.4. The number of fused-ring (bicyclic) bond motifs is 8. The van der Waals surface area contributed by atoms with E-state index < -0.39 is 136 Å². The van der Waals surface area contributed by atoms with E-state index in [-0.39, 0.29) is 93.6 Å². The number of ether oxygens (including phenoxy) is 4. The molecule has 90 heavy (non-hydrogen) atoms. The highest BCUT2D eigenvalue weighted by Crippen LogP contribution is 2.67. The number of esters is 4. The second kappa shape index (κ2) is 28.7. The first-order chi connectivity index (χ1) is 39.7. The van der Waals surface area contributed by atoms with Gasteiger partial charge in [-0.05, 0) is 195 Å². The summed E-state index contributed by atoms with van der Waals surface area (Å²) in [6, 6.07) is -5.99. The minimum atomic E-state index is -5.88. The monoisotopic (exact) mass is 1510 g/mol. The molecule has 17 atom stereocenters. The summed E-state index contributed by atoms with van der Waals surface area (Å²) in [6.07, 6.45) is -18.9. The summed E-state index contributed by atoms with van der Waals surface area (Å²) < 4.78 is 210. The second-order valence-corrected chi connectivity index (χ2v) is 52.5. The fourth-order valence-corrected chi connectivity index (χ4v) is 33.1. The van der Waals surface area contributed by atoms with E-state index in [1.54, 1.807) is 0 Å². The third kappa shape index (κ3) is 17.7. The van der Waals surface area contributed by atoms with Crippen molar-refractivity contribution in [1.29, 1.82) is 0 Å². The van der Waals surface area contributed by atoms with Crippen molar-refractivity contribution in [3.8, 4) is 0 Å². The van der Waals surface area contributed by atoms with Crippen LogP contribution in [0.4, 0.5) is 52.7 Å². The predicted molar refractivity (Wildman–Crippen MR) is 328 cm³/mol. The van der Waals surface area contributed by atoms with Gasteiger partial charge in [0.1, 0.15) is 11.2 Å². The summed E-state index contributed by atoms with van der Waals surface area (Å²) >= 11 is 36.4. The van der Waals surface area contributed by atoms with Crippen molar-refractivity contribution in [3.63, 3.8) is 0 Å². The number of carbonyl (C=O) groups is 4. The molecule has 528 valence electrons. The lowest BCUT2D eigenvalue weighted by molar-refractivity contribution is -0.374. The summed E-state index contributed by atoms with van der Waals surface area (Å²) in [4.78, 5) is 48.0. The van der Waals surface area contributed by atoms with Crippen LogP contribution in [-0.4, -0.2) is 122 Å². The molecular formula is C56H90Cl6F12O12Si4. The van der Waals surface area contributed by atoms with Crippen LogP contribution in [0.3, 0.4) is 0 Å². The van der Waals surface area contributed by atoms with Crippen LogP contribution in [0.1, 0.15) is 162 Å². The molecule has 0 amide bonds. The maximum Gasteiger partial charge on any atom is 0.495 e. The maximum atomic E-state index is 14.2. The molecule has 34 heteroatoms. The highest BCUT2D eigenvalue weighted by atomic mass is 35.8. The summed E-state index contributed by atoms with van der Waals surface area (Å²) in [5.41, 5.74) is -11.3. The van der Waals surface area contributed by atoms with Gasteiger partial charge in [-0.2, -0.15) is 52.7 Å². The Balaban J connectivity index is 0.000000395. The average molecular weight is 1510 g/mol. The zero-order chi connectivity index (χ0) is 67.1. The van der Waals surface area contributed by atoms with Crippen molar-refractivity contribution in [1.82, 2.24) is 0 Å². The summed E-state index contributed by atoms with van der Waals surface area (Å²) in [6.45, 7) is 14.0. The number of rotatable bonds is 17. The van der Waals surface area contributed by atoms with Gasteiger partial charge in [0, 0.05) is 60.5 Å². The van der Waals surface area contributed by atoms with E-state index in [0.29, 0.717) is 51.9 Å². The van der Waals surface area contributed by atoms with E-state index in [9.17, 15) is 71.9 Å². The molecule has 17 unspecified atom stereocenters. The van der Waals surface area contributed by atoms with Gasteiger partial charge in [-0.25, -0.2) is 0 Å². The predicted octanol–water partition coefficient (Wildman–Crippen LogP) is 18.7. The Morgan fingerprint density at radius 2 is 0.711 bits per heavy atom. The Hall–Kier alpha value is -0.512. The molecule has 8 saturated carbocycles. The van der Waals surface area contributed by atoms with Gasteiger partial charge in [-0.1, -0.05) is 14.9 Å². The summed E-state index contributed by atoms with van der Waals surface area (Å²) in [7, 11) is -2.73. The molecule has 0 saturated heterocycles. The standard InChI is InChI=1S/C29H46F6O8Si2.C13H15Cl3F6O2Si.C12H19Cl3O2Si.2CH4.H2/c1-16(36)41-27(28(30,31)32,29(33,34)35)15-19-9-17-10-20(19)24(14-17)45(39-6,40-7)43-44(8,38-5)23-13-18-11-21(23)22(12-18)25(37)42-26(2,3)4;1-6(23)24-11(12(17,18)19,13(20,21)22)5-8-2-7-3-9(8)10(4-7)25(14,15)16;1-12(2,3)17-11(16)9-5-7-4-8(9)10(6-7)18(13,14)15;;;/h17-24H,9-15H2,1-8H3;7-10H,2-5H2,1H3;7-10H,4-6H2,1-3H3;2*1H4;1H/i;;;;;1+1. The summed E-state index contributed by atoms with van der Waals surface area (Å²) in [5, 5.41) is 0. The first kappa shape index (κ1) is 81.9. The number of hydrogen-bond acceptors (Lipinski definition) is 12. The Labute approximate surface area is 554 Å². The molecule has 0 spiro atoms. The van der Waals surface area contributed by atoms with Crippen LogP contribution in [0.15, 0.2) is 0 Å². The molecule has 0 aromatic carbocycles. The van der Waals surface area contributed by atoms with Crippen LogP contribution in [0.5, 0.6) is 0 Å². The van der Waals surface area contributed by atoms with Crippen LogP contribution < -0.4 is 0 Å². The van der Waals surface area contributed by atoms with Crippen LogP contribution in [-0.2, 0) is 55.5 Å². The molecule has 8 bridgehead atoms. The first-order valence-corrected chi connectivity index (χ1v) is 43.7. The number of carbonyl (C=O) groups excluding carboxylic acids is 4. The second-order valence-electron chi connectivity index (χ2n) is 27.8. The largest absolute Gasteiger partial charge is 0.495 e. The van der Waals surface area contributed by atoms with Crippen molar-refractivity contribution in [2.45, 2.75) is 236 Å². The topological polar surface area (TPSA) is 142 Å². The third-order valence-corrected chi connectivity index (χ3v) is 36.1. The van der Waals surface area contributed by atoms with Gasteiger partial charge in [0.15, 0.2) is 0 Å². The van der Waals surface area contributed by atoms with Gasteiger partial charge < -0.3 is 36.3 Å². The fourth-order valence-electron chi connectivity index (χ4n) is 16.6. The van der Waals surface area contributed by atoms with Crippen LogP contribution in [0, 0.1) is 71.0 Å². The van der Waals surface area contributed by atoms with E-state index in [0.717, 1.165) is 32.1 Å². The van der Waals surface area contributed by atoms with Crippen LogP contribution in [0.2, 0.25) is 28.7 Å². The van der Waals surface area contributed by atoms with Crippen LogP contribution >= 0.6 is 66.5 Å². The third-order valence-electron chi connectivity index (χ3n) is 19.8. The molecule has 8 aliphatic carbocycles. The molecule has 12 nitrogen and oxygen atoms in total. The van der Waals surface area contributed by atoms with Crippen molar-refractivity contribution < 1.29 is 110 Å². The van der Waals surface area contributed by atoms with Gasteiger partial charge >= 0.3 is 89.2 Å².